The number of amides is 1. The Morgan fingerprint density at radius 3 is 2.50 bits per heavy atom. The third-order valence-corrected chi connectivity index (χ3v) is 3.05. The smallest absolute Gasteiger partial charge is 0.339 e. The first kappa shape index (κ1) is 16.0. The van der Waals surface area contributed by atoms with Crippen molar-refractivity contribution >= 4 is 17.6 Å². The first-order valence-corrected chi connectivity index (χ1v) is 6.91. The van der Waals surface area contributed by atoms with Crippen LogP contribution in [0.1, 0.15) is 55.8 Å². The van der Waals surface area contributed by atoms with E-state index in [0.717, 1.165) is 25.7 Å². The summed E-state index contributed by atoms with van der Waals surface area (Å²) in [6.07, 6.45) is 5.61. The molecule has 0 bridgehead atoms. The van der Waals surface area contributed by atoms with E-state index >= 15 is 0 Å². The second-order valence-corrected chi connectivity index (χ2v) is 4.72. The maximum atomic E-state index is 11.7. The van der Waals surface area contributed by atoms with E-state index in [1.54, 1.807) is 0 Å². The van der Waals surface area contributed by atoms with E-state index in [2.05, 4.69) is 12.2 Å². The fourth-order valence-corrected chi connectivity index (χ4v) is 1.92. The first-order chi connectivity index (χ1) is 9.56. The third kappa shape index (κ3) is 4.91. The van der Waals surface area contributed by atoms with Gasteiger partial charge in [0, 0.05) is 6.42 Å². The van der Waals surface area contributed by atoms with E-state index in [-0.39, 0.29) is 17.2 Å². The van der Waals surface area contributed by atoms with E-state index < -0.39 is 11.7 Å². The molecule has 0 aromatic heterocycles. The molecule has 0 saturated heterocycles. The molecule has 0 aliphatic heterocycles. The van der Waals surface area contributed by atoms with E-state index in [9.17, 15) is 14.7 Å². The van der Waals surface area contributed by atoms with Crippen molar-refractivity contribution in [2.75, 3.05) is 5.32 Å². The molecular weight excluding hydrogens is 258 g/mol. The molecule has 0 fully saturated rings. The number of aromatic hydroxyl groups is 1. The lowest BCUT2D eigenvalue weighted by Crippen LogP contribution is -2.12. The van der Waals surface area contributed by atoms with Crippen molar-refractivity contribution in [3.63, 3.8) is 0 Å². The zero-order valence-electron chi connectivity index (χ0n) is 11.7. The maximum absolute atomic E-state index is 11.7. The van der Waals surface area contributed by atoms with Gasteiger partial charge < -0.3 is 15.5 Å². The van der Waals surface area contributed by atoms with E-state index in [4.69, 9.17) is 5.11 Å². The summed E-state index contributed by atoms with van der Waals surface area (Å²) in [6.45, 7) is 2.13. The van der Waals surface area contributed by atoms with Gasteiger partial charge in [-0.2, -0.15) is 0 Å². The minimum absolute atomic E-state index is 0.142. The molecule has 0 aliphatic carbocycles. The lowest BCUT2D eigenvalue weighted by atomic mass is 10.1. The summed E-state index contributed by atoms with van der Waals surface area (Å²) in [6, 6.07) is 4.26. The van der Waals surface area contributed by atoms with Gasteiger partial charge >= 0.3 is 5.97 Å². The second-order valence-electron chi connectivity index (χ2n) is 4.72. The van der Waals surface area contributed by atoms with Gasteiger partial charge in [-0.15, -0.1) is 0 Å². The van der Waals surface area contributed by atoms with Crippen LogP contribution in [-0.2, 0) is 4.79 Å². The summed E-state index contributed by atoms with van der Waals surface area (Å²) in [7, 11) is 0. The predicted octanol–water partition coefficient (Wildman–Crippen LogP) is 3.39. The summed E-state index contributed by atoms with van der Waals surface area (Å²) in [5, 5.41) is 21.2. The van der Waals surface area contributed by atoms with Gasteiger partial charge in [-0.05, 0) is 18.6 Å². The Morgan fingerprint density at radius 1 is 1.15 bits per heavy atom. The van der Waals surface area contributed by atoms with Crippen molar-refractivity contribution in [1.82, 2.24) is 0 Å². The Hall–Kier alpha value is -2.04. The van der Waals surface area contributed by atoms with Gasteiger partial charge in [0.05, 0.1) is 5.69 Å². The zero-order chi connectivity index (χ0) is 15.0. The van der Waals surface area contributed by atoms with E-state index in [1.165, 1.54) is 24.6 Å². The SMILES string of the molecule is CCCCCCCC(=O)Nc1cccc(C(=O)O)c1O. The van der Waals surface area contributed by atoms with Crippen LogP contribution in [0.25, 0.3) is 0 Å². The summed E-state index contributed by atoms with van der Waals surface area (Å²) in [5.41, 5.74) is -0.0748. The number of carbonyl (C=O) groups is 2. The van der Waals surface area contributed by atoms with Gasteiger partial charge in [0.25, 0.3) is 0 Å². The summed E-state index contributed by atoms with van der Waals surface area (Å²) >= 11 is 0. The molecule has 110 valence electrons. The fourth-order valence-electron chi connectivity index (χ4n) is 1.92. The van der Waals surface area contributed by atoms with Crippen molar-refractivity contribution < 1.29 is 19.8 Å². The average molecular weight is 279 g/mol. The number of aromatic carboxylic acids is 1. The number of benzene rings is 1. The van der Waals surface area contributed by atoms with Crippen LogP contribution in [0.5, 0.6) is 5.75 Å². The third-order valence-electron chi connectivity index (χ3n) is 3.05. The van der Waals surface area contributed by atoms with E-state index in [1.807, 2.05) is 0 Å². The van der Waals surface area contributed by atoms with Crippen LogP contribution in [0.4, 0.5) is 5.69 Å². The fraction of sp³-hybridized carbons (Fsp3) is 0.467. The molecule has 3 N–H and O–H groups in total. The highest BCUT2D eigenvalue weighted by atomic mass is 16.4. The Bertz CT molecular complexity index is 471. The van der Waals surface area contributed by atoms with Gasteiger partial charge in [-0.3, -0.25) is 4.79 Å². The zero-order valence-corrected chi connectivity index (χ0v) is 11.7. The molecule has 0 radical (unpaired) electrons. The van der Waals surface area contributed by atoms with Crippen molar-refractivity contribution in [3.05, 3.63) is 23.8 Å². The number of carboxylic acids is 1. The molecule has 1 rings (SSSR count). The van der Waals surface area contributed by atoms with Crippen LogP contribution in [0.3, 0.4) is 0 Å². The molecule has 1 aromatic rings. The van der Waals surface area contributed by atoms with Crippen LogP contribution in [0, 0.1) is 0 Å². The molecule has 1 amide bonds. The maximum Gasteiger partial charge on any atom is 0.339 e. The number of unbranched alkanes of at least 4 members (excludes halogenated alkanes) is 4. The second kappa shape index (κ2) is 8.19. The topological polar surface area (TPSA) is 86.6 Å². The lowest BCUT2D eigenvalue weighted by Gasteiger charge is -2.09. The minimum atomic E-state index is -1.22. The predicted molar refractivity (Wildman–Crippen MR) is 77.1 cm³/mol. The summed E-state index contributed by atoms with van der Waals surface area (Å²) < 4.78 is 0. The molecule has 0 heterocycles. The Morgan fingerprint density at radius 2 is 1.85 bits per heavy atom. The summed E-state index contributed by atoms with van der Waals surface area (Å²) in [5.74, 6) is -1.84. The molecule has 0 spiro atoms. The number of carboxylic acid groups (broad SMARTS) is 1. The molecule has 20 heavy (non-hydrogen) atoms. The van der Waals surface area contributed by atoms with Crippen molar-refractivity contribution in [1.29, 1.82) is 0 Å². The molecule has 5 nitrogen and oxygen atoms in total. The highest BCUT2D eigenvalue weighted by Gasteiger charge is 2.14. The van der Waals surface area contributed by atoms with Gasteiger partial charge in [0.15, 0.2) is 5.75 Å². The number of phenols is 1. The van der Waals surface area contributed by atoms with Gasteiger partial charge in [0.2, 0.25) is 5.91 Å². The van der Waals surface area contributed by atoms with Crippen molar-refractivity contribution in [3.8, 4) is 5.75 Å². The van der Waals surface area contributed by atoms with Gasteiger partial charge in [-0.25, -0.2) is 4.79 Å². The average Bonchev–Trinajstić information content (AvgIpc) is 2.40. The highest BCUT2D eigenvalue weighted by Crippen LogP contribution is 2.27. The molecule has 0 atom stereocenters. The number of carbonyl (C=O) groups excluding carboxylic acids is 1. The Kier molecular flexibility index (Phi) is 6.56. The van der Waals surface area contributed by atoms with Crippen molar-refractivity contribution in [2.24, 2.45) is 0 Å². The number of hydrogen-bond donors (Lipinski definition) is 3. The van der Waals surface area contributed by atoms with Crippen LogP contribution >= 0.6 is 0 Å². The van der Waals surface area contributed by atoms with Gasteiger partial charge in [-0.1, -0.05) is 38.7 Å². The van der Waals surface area contributed by atoms with Crippen LogP contribution in [0.2, 0.25) is 0 Å². The highest BCUT2D eigenvalue weighted by molar-refractivity contribution is 5.97. The van der Waals surface area contributed by atoms with Gasteiger partial charge in [0.1, 0.15) is 5.56 Å². The molecular formula is C15H21NO4. The standard InChI is InChI=1S/C15H21NO4/c1-2-3-4-5-6-10-13(17)16-12-9-7-8-11(14(12)18)15(19)20/h7-9,18H,2-6,10H2,1H3,(H,16,17)(H,19,20). The number of para-hydroxylation sites is 1. The number of nitrogens with one attached hydrogen (secondary N) is 1. The van der Waals surface area contributed by atoms with Crippen molar-refractivity contribution in [2.45, 2.75) is 45.4 Å². The monoisotopic (exact) mass is 279 g/mol. The quantitative estimate of drug-likeness (QED) is 0.503. The number of rotatable bonds is 8. The molecule has 1 aromatic carbocycles. The van der Waals surface area contributed by atoms with Crippen LogP contribution in [0.15, 0.2) is 18.2 Å². The Balaban J connectivity index is 2.50. The van der Waals surface area contributed by atoms with Crippen LogP contribution in [-0.4, -0.2) is 22.1 Å². The van der Waals surface area contributed by atoms with E-state index in [0.29, 0.717) is 6.42 Å². The molecule has 0 aliphatic rings. The first-order valence-electron chi connectivity index (χ1n) is 6.91. The Labute approximate surface area is 118 Å². The minimum Gasteiger partial charge on any atom is -0.505 e. The largest absolute Gasteiger partial charge is 0.505 e. The lowest BCUT2D eigenvalue weighted by molar-refractivity contribution is -0.116. The molecule has 0 unspecified atom stereocenters. The number of hydrogen-bond acceptors (Lipinski definition) is 3. The molecule has 5 heteroatoms. The number of anilines is 1. The van der Waals surface area contributed by atoms with Crippen LogP contribution < -0.4 is 5.32 Å². The summed E-state index contributed by atoms with van der Waals surface area (Å²) in [4.78, 5) is 22.6. The molecule has 0 saturated carbocycles. The normalized spacial score (nSPS) is 10.2.